The molecular formula is C22H27N5O4. The topological polar surface area (TPSA) is 99.0 Å². The first kappa shape index (κ1) is 22.1. The van der Waals surface area contributed by atoms with Crippen LogP contribution in [-0.2, 0) is 4.79 Å². The maximum absolute atomic E-state index is 12.6. The summed E-state index contributed by atoms with van der Waals surface area (Å²) < 4.78 is 0. The highest BCUT2D eigenvalue weighted by atomic mass is 16.6. The number of hydrogen-bond donors (Lipinski definition) is 1. The quantitative estimate of drug-likeness (QED) is 0.539. The number of carbonyl (C=O) groups is 2. The van der Waals surface area contributed by atoms with Crippen molar-refractivity contribution in [3.05, 3.63) is 64.2 Å². The summed E-state index contributed by atoms with van der Waals surface area (Å²) in [4.78, 5) is 41.4. The van der Waals surface area contributed by atoms with Crippen molar-refractivity contribution in [1.82, 2.24) is 10.2 Å². The molecule has 0 radical (unpaired) electrons. The van der Waals surface area contributed by atoms with Crippen LogP contribution in [0.4, 0.5) is 17.1 Å². The van der Waals surface area contributed by atoms with Gasteiger partial charge < -0.3 is 20.0 Å². The molecule has 1 heterocycles. The number of nitrogens with one attached hydrogen (secondary N) is 1. The van der Waals surface area contributed by atoms with Crippen LogP contribution in [0.5, 0.6) is 0 Å². The van der Waals surface area contributed by atoms with E-state index in [0.717, 1.165) is 18.8 Å². The van der Waals surface area contributed by atoms with Crippen LogP contribution in [0.15, 0.2) is 48.5 Å². The summed E-state index contributed by atoms with van der Waals surface area (Å²) >= 11 is 0. The summed E-state index contributed by atoms with van der Waals surface area (Å²) in [5.74, 6) is -0.450. The Labute approximate surface area is 181 Å². The fourth-order valence-corrected chi connectivity index (χ4v) is 3.60. The summed E-state index contributed by atoms with van der Waals surface area (Å²) in [5, 5.41) is 13.8. The molecule has 0 atom stereocenters. The Kier molecular flexibility index (Phi) is 7.07. The molecule has 9 heteroatoms. The first-order valence-corrected chi connectivity index (χ1v) is 10.2. The lowest BCUT2D eigenvalue weighted by Crippen LogP contribution is -2.49. The van der Waals surface area contributed by atoms with Crippen LogP contribution < -0.4 is 15.1 Å². The van der Waals surface area contributed by atoms with Crippen LogP contribution in [0.1, 0.15) is 16.8 Å². The van der Waals surface area contributed by atoms with Crippen LogP contribution in [0.25, 0.3) is 0 Å². The van der Waals surface area contributed by atoms with Crippen molar-refractivity contribution >= 4 is 28.9 Å². The molecule has 0 aliphatic carbocycles. The summed E-state index contributed by atoms with van der Waals surface area (Å²) in [7, 11) is 3.52. The zero-order valence-electron chi connectivity index (χ0n) is 17.8. The monoisotopic (exact) mass is 425 g/mol. The van der Waals surface area contributed by atoms with Crippen molar-refractivity contribution in [2.75, 3.05) is 56.6 Å². The number of anilines is 2. The fraction of sp³-hybridized carbons (Fsp3) is 0.364. The Bertz CT molecular complexity index is 940. The molecule has 1 aliphatic heterocycles. The van der Waals surface area contributed by atoms with Gasteiger partial charge in [0.2, 0.25) is 5.91 Å². The molecule has 0 saturated carbocycles. The van der Waals surface area contributed by atoms with Gasteiger partial charge in [-0.05, 0) is 18.2 Å². The van der Waals surface area contributed by atoms with Crippen molar-refractivity contribution < 1.29 is 14.5 Å². The maximum Gasteiger partial charge on any atom is 0.270 e. The van der Waals surface area contributed by atoms with E-state index < -0.39 is 10.8 Å². The Hall–Kier alpha value is -3.62. The molecule has 2 aromatic rings. The average Bonchev–Trinajstić information content (AvgIpc) is 2.79. The minimum atomic E-state index is -0.533. The van der Waals surface area contributed by atoms with Gasteiger partial charge in [0.25, 0.3) is 11.6 Å². The van der Waals surface area contributed by atoms with Gasteiger partial charge in [0.05, 0.1) is 10.5 Å². The van der Waals surface area contributed by atoms with E-state index >= 15 is 0 Å². The zero-order chi connectivity index (χ0) is 22.4. The third kappa shape index (κ3) is 5.50. The molecule has 1 saturated heterocycles. The van der Waals surface area contributed by atoms with E-state index in [1.54, 1.807) is 25.1 Å². The standard InChI is InChI=1S/C22H27N5O4/c1-24(2)20-9-8-18(27(30)31)16-19(20)22(29)23-11-10-21(28)26-14-12-25(13-15-26)17-6-4-3-5-7-17/h3-9,16H,10-15H2,1-2H3,(H,23,29). The molecule has 2 amide bonds. The number of para-hydroxylation sites is 1. The summed E-state index contributed by atoms with van der Waals surface area (Å²) in [5.41, 5.74) is 1.79. The molecule has 1 N–H and O–H groups in total. The highest BCUT2D eigenvalue weighted by Crippen LogP contribution is 2.24. The van der Waals surface area contributed by atoms with Crippen molar-refractivity contribution in [3.63, 3.8) is 0 Å². The molecule has 0 bridgehead atoms. The van der Waals surface area contributed by atoms with Crippen molar-refractivity contribution in [2.24, 2.45) is 0 Å². The number of carbonyl (C=O) groups excluding carboxylic acids is 2. The van der Waals surface area contributed by atoms with E-state index in [0.29, 0.717) is 18.8 Å². The van der Waals surface area contributed by atoms with Crippen molar-refractivity contribution in [3.8, 4) is 0 Å². The van der Waals surface area contributed by atoms with E-state index in [2.05, 4.69) is 22.3 Å². The summed E-state index contributed by atoms with van der Waals surface area (Å²) in [6.07, 6.45) is 0.184. The molecule has 1 fully saturated rings. The summed E-state index contributed by atoms with van der Waals surface area (Å²) in [6, 6.07) is 14.3. The van der Waals surface area contributed by atoms with Gasteiger partial charge in [0, 0.05) is 76.7 Å². The van der Waals surface area contributed by atoms with Crippen LogP contribution in [-0.4, -0.2) is 68.5 Å². The Morgan fingerprint density at radius 3 is 2.35 bits per heavy atom. The normalized spacial score (nSPS) is 13.6. The van der Waals surface area contributed by atoms with Crippen LogP contribution >= 0.6 is 0 Å². The average molecular weight is 425 g/mol. The number of amides is 2. The first-order chi connectivity index (χ1) is 14.9. The predicted octanol–water partition coefficient (Wildman–Crippen LogP) is 2.13. The smallest absolute Gasteiger partial charge is 0.270 e. The molecule has 164 valence electrons. The van der Waals surface area contributed by atoms with Crippen LogP contribution in [0.3, 0.4) is 0 Å². The first-order valence-electron chi connectivity index (χ1n) is 10.2. The van der Waals surface area contributed by atoms with Gasteiger partial charge in [-0.25, -0.2) is 0 Å². The van der Waals surface area contributed by atoms with Gasteiger partial charge >= 0.3 is 0 Å². The second kappa shape index (κ2) is 9.92. The third-order valence-electron chi connectivity index (χ3n) is 5.30. The number of hydrogen-bond acceptors (Lipinski definition) is 6. The molecule has 3 rings (SSSR count). The molecule has 0 spiro atoms. The largest absolute Gasteiger partial charge is 0.377 e. The minimum Gasteiger partial charge on any atom is -0.377 e. The lowest BCUT2D eigenvalue weighted by Gasteiger charge is -2.36. The second-order valence-corrected chi connectivity index (χ2v) is 7.56. The molecular weight excluding hydrogens is 398 g/mol. The van der Waals surface area contributed by atoms with Gasteiger partial charge in [0.15, 0.2) is 0 Å². The number of nitro benzene ring substituents is 1. The number of non-ortho nitro benzene ring substituents is 1. The zero-order valence-corrected chi connectivity index (χ0v) is 17.8. The molecule has 1 aliphatic rings. The number of nitro groups is 1. The highest BCUT2D eigenvalue weighted by Gasteiger charge is 2.22. The van der Waals surface area contributed by atoms with Gasteiger partial charge in [-0.3, -0.25) is 19.7 Å². The lowest BCUT2D eigenvalue weighted by molar-refractivity contribution is -0.384. The Morgan fingerprint density at radius 1 is 1.06 bits per heavy atom. The van der Waals surface area contributed by atoms with E-state index in [-0.39, 0.29) is 30.1 Å². The molecule has 0 unspecified atom stereocenters. The SMILES string of the molecule is CN(C)c1ccc([N+](=O)[O-])cc1C(=O)NCCC(=O)N1CCN(c2ccccc2)CC1. The second-order valence-electron chi connectivity index (χ2n) is 7.56. The van der Waals surface area contributed by atoms with E-state index in [1.165, 1.54) is 12.1 Å². The van der Waals surface area contributed by atoms with E-state index in [9.17, 15) is 19.7 Å². The molecule has 31 heavy (non-hydrogen) atoms. The van der Waals surface area contributed by atoms with Gasteiger partial charge in [0.1, 0.15) is 0 Å². The predicted molar refractivity (Wildman–Crippen MR) is 120 cm³/mol. The van der Waals surface area contributed by atoms with Crippen LogP contribution in [0, 0.1) is 10.1 Å². The van der Waals surface area contributed by atoms with Gasteiger partial charge in [-0.1, -0.05) is 18.2 Å². The number of rotatable bonds is 7. The Balaban J connectivity index is 1.51. The molecule has 9 nitrogen and oxygen atoms in total. The minimum absolute atomic E-state index is 0.0140. The fourth-order valence-electron chi connectivity index (χ4n) is 3.60. The third-order valence-corrected chi connectivity index (χ3v) is 5.30. The van der Waals surface area contributed by atoms with Crippen molar-refractivity contribution in [1.29, 1.82) is 0 Å². The van der Waals surface area contributed by atoms with Crippen LogP contribution in [0.2, 0.25) is 0 Å². The number of nitrogens with zero attached hydrogens (tertiary/aromatic N) is 4. The Morgan fingerprint density at radius 2 is 1.74 bits per heavy atom. The van der Waals surface area contributed by atoms with E-state index in [4.69, 9.17) is 0 Å². The molecule has 0 aromatic heterocycles. The van der Waals surface area contributed by atoms with E-state index in [1.807, 2.05) is 23.1 Å². The lowest BCUT2D eigenvalue weighted by atomic mass is 10.1. The number of benzene rings is 2. The van der Waals surface area contributed by atoms with Crippen molar-refractivity contribution in [2.45, 2.75) is 6.42 Å². The maximum atomic E-state index is 12.6. The van der Waals surface area contributed by atoms with Gasteiger partial charge in [-0.15, -0.1) is 0 Å². The summed E-state index contributed by atoms with van der Waals surface area (Å²) in [6.45, 7) is 2.98. The molecule has 2 aromatic carbocycles. The van der Waals surface area contributed by atoms with Gasteiger partial charge in [-0.2, -0.15) is 0 Å². The number of piperazine rings is 1. The highest BCUT2D eigenvalue weighted by molar-refractivity contribution is 6.00.